The van der Waals surface area contributed by atoms with Crippen LogP contribution in [0.4, 0.5) is 5.69 Å². The van der Waals surface area contributed by atoms with Gasteiger partial charge in [-0.1, -0.05) is 22.9 Å². The summed E-state index contributed by atoms with van der Waals surface area (Å²) in [6, 6.07) is 5.10. The summed E-state index contributed by atoms with van der Waals surface area (Å²) in [4.78, 5) is 10.8. The number of hydrogen-bond donors (Lipinski definition) is 1. The molecule has 1 aliphatic rings. The van der Waals surface area contributed by atoms with E-state index in [1.54, 1.807) is 6.07 Å². The van der Waals surface area contributed by atoms with Crippen LogP contribution in [0.25, 0.3) is 0 Å². The Kier molecular flexibility index (Phi) is 3.68. The predicted octanol–water partition coefficient (Wildman–Crippen LogP) is 3.86. The number of rotatable bonds is 3. The van der Waals surface area contributed by atoms with Gasteiger partial charge in [-0.2, -0.15) is 5.10 Å². The zero-order valence-corrected chi connectivity index (χ0v) is 14.6. The van der Waals surface area contributed by atoms with Crippen LogP contribution in [0.3, 0.4) is 0 Å². The maximum Gasteiger partial charge on any atom is 0.270 e. The molecule has 6 nitrogen and oxygen atoms in total. The lowest BCUT2D eigenvalue weighted by atomic mass is 9.58. The van der Waals surface area contributed by atoms with Gasteiger partial charge < -0.3 is 4.57 Å². The first-order valence-corrected chi connectivity index (χ1v) is 8.11. The zero-order valence-electron chi connectivity index (χ0n) is 12.2. The normalized spacial score (nSPS) is 24.0. The summed E-state index contributed by atoms with van der Waals surface area (Å²) in [7, 11) is 1.87. The molecular formula is C14H15BrN4O2S. The fourth-order valence-electron chi connectivity index (χ4n) is 3.41. The Balaban J connectivity index is 2.19. The number of non-ortho nitro benzene ring substituents is 1. The van der Waals surface area contributed by atoms with Gasteiger partial charge in [0.25, 0.3) is 5.69 Å². The fraction of sp³-hybridized carbons (Fsp3) is 0.429. The Morgan fingerprint density at radius 1 is 1.50 bits per heavy atom. The van der Waals surface area contributed by atoms with Crippen molar-refractivity contribution in [3.05, 3.63) is 48.9 Å². The maximum absolute atomic E-state index is 11.2. The Labute approximate surface area is 140 Å². The topological polar surface area (TPSA) is 76.8 Å². The summed E-state index contributed by atoms with van der Waals surface area (Å²) < 4.78 is 3.11. The second-order valence-electron chi connectivity index (χ2n) is 5.96. The number of halogens is 1. The fourth-order valence-corrected chi connectivity index (χ4v) is 4.02. The van der Waals surface area contributed by atoms with Crippen LogP contribution >= 0.6 is 28.1 Å². The van der Waals surface area contributed by atoms with E-state index in [1.165, 1.54) is 6.07 Å². The highest BCUT2D eigenvalue weighted by Gasteiger charge is 2.48. The van der Waals surface area contributed by atoms with Crippen molar-refractivity contribution in [3.63, 3.8) is 0 Å². The van der Waals surface area contributed by atoms with Crippen molar-refractivity contribution in [3.8, 4) is 0 Å². The molecule has 2 aromatic rings. The molecule has 0 unspecified atom stereocenters. The summed E-state index contributed by atoms with van der Waals surface area (Å²) in [5.41, 5.74) is 0.667. The van der Waals surface area contributed by atoms with Crippen molar-refractivity contribution in [1.82, 2.24) is 14.8 Å². The molecule has 8 heteroatoms. The SMILES string of the molecule is CC1CC(c2cc(Br)cc([N+](=O)[O-])c2)(c2n[nH]c(=S)n2C)C1. The van der Waals surface area contributed by atoms with Crippen LogP contribution in [0.5, 0.6) is 0 Å². The van der Waals surface area contributed by atoms with Crippen molar-refractivity contribution < 1.29 is 4.92 Å². The molecule has 0 amide bonds. The van der Waals surface area contributed by atoms with Crippen LogP contribution in [-0.2, 0) is 12.5 Å². The van der Waals surface area contributed by atoms with Crippen molar-refractivity contribution in [2.75, 3.05) is 0 Å². The van der Waals surface area contributed by atoms with Gasteiger partial charge in [-0.25, -0.2) is 0 Å². The van der Waals surface area contributed by atoms with Gasteiger partial charge in [0.15, 0.2) is 4.77 Å². The van der Waals surface area contributed by atoms with Crippen LogP contribution in [0.1, 0.15) is 31.2 Å². The van der Waals surface area contributed by atoms with Gasteiger partial charge >= 0.3 is 0 Å². The summed E-state index contributed by atoms with van der Waals surface area (Å²) in [5, 5.41) is 18.4. The number of aromatic amines is 1. The Hall–Kier alpha value is -1.54. The molecule has 22 heavy (non-hydrogen) atoms. The Morgan fingerprint density at radius 2 is 2.18 bits per heavy atom. The highest BCUT2D eigenvalue weighted by molar-refractivity contribution is 9.10. The number of nitro groups is 1. The third-order valence-electron chi connectivity index (χ3n) is 4.35. The van der Waals surface area contributed by atoms with E-state index in [-0.39, 0.29) is 16.0 Å². The minimum Gasteiger partial charge on any atom is -0.307 e. The molecule has 1 aromatic carbocycles. The number of hydrogen-bond acceptors (Lipinski definition) is 4. The summed E-state index contributed by atoms with van der Waals surface area (Å²) in [6.07, 6.45) is 1.79. The smallest absolute Gasteiger partial charge is 0.270 e. The van der Waals surface area contributed by atoms with Gasteiger partial charge in [0.1, 0.15) is 5.82 Å². The molecule has 1 fully saturated rings. The van der Waals surface area contributed by atoms with Crippen molar-refractivity contribution >= 4 is 33.8 Å². The second kappa shape index (κ2) is 5.27. The lowest BCUT2D eigenvalue weighted by molar-refractivity contribution is -0.385. The maximum atomic E-state index is 11.2. The molecular weight excluding hydrogens is 368 g/mol. The molecule has 1 aromatic heterocycles. The highest BCUT2D eigenvalue weighted by atomic mass is 79.9. The van der Waals surface area contributed by atoms with Crippen LogP contribution in [-0.4, -0.2) is 19.7 Å². The van der Waals surface area contributed by atoms with E-state index in [9.17, 15) is 10.1 Å². The van der Waals surface area contributed by atoms with E-state index in [1.807, 2.05) is 17.7 Å². The van der Waals surface area contributed by atoms with E-state index in [2.05, 4.69) is 33.1 Å². The highest BCUT2D eigenvalue weighted by Crippen LogP contribution is 2.52. The molecule has 116 valence electrons. The van der Waals surface area contributed by atoms with Crippen LogP contribution in [0, 0.1) is 20.8 Å². The predicted molar refractivity (Wildman–Crippen MR) is 88.4 cm³/mol. The minimum absolute atomic E-state index is 0.0834. The number of aromatic nitrogens is 3. The third-order valence-corrected chi connectivity index (χ3v) is 5.17. The van der Waals surface area contributed by atoms with Gasteiger partial charge in [0, 0.05) is 23.7 Å². The van der Waals surface area contributed by atoms with E-state index < -0.39 is 0 Å². The number of H-pyrrole nitrogens is 1. The van der Waals surface area contributed by atoms with Crippen molar-refractivity contribution in [2.24, 2.45) is 13.0 Å². The molecule has 1 N–H and O–H groups in total. The molecule has 3 rings (SSSR count). The standard InChI is InChI=1S/C14H15BrN4O2S/c1-8-6-14(7-8,12-16-17-13(22)18(12)2)9-3-10(15)5-11(4-9)19(20)21/h3-5,8H,6-7H2,1-2H3,(H,17,22). The van der Waals surface area contributed by atoms with E-state index in [0.717, 1.165) is 24.2 Å². The molecule has 0 atom stereocenters. The monoisotopic (exact) mass is 382 g/mol. The number of nitrogens with zero attached hydrogens (tertiary/aromatic N) is 3. The molecule has 0 radical (unpaired) electrons. The minimum atomic E-state index is -0.368. The average Bonchev–Trinajstić information content (AvgIpc) is 2.75. The summed E-state index contributed by atoms with van der Waals surface area (Å²) in [5.74, 6) is 1.38. The van der Waals surface area contributed by atoms with Gasteiger partial charge in [0.2, 0.25) is 0 Å². The quantitative estimate of drug-likeness (QED) is 0.496. The largest absolute Gasteiger partial charge is 0.307 e. The van der Waals surface area contributed by atoms with Crippen LogP contribution < -0.4 is 0 Å². The van der Waals surface area contributed by atoms with Crippen molar-refractivity contribution in [2.45, 2.75) is 25.2 Å². The molecule has 0 bridgehead atoms. The lowest BCUT2D eigenvalue weighted by Crippen LogP contribution is -2.43. The van der Waals surface area contributed by atoms with Crippen LogP contribution in [0.2, 0.25) is 0 Å². The van der Waals surface area contributed by atoms with E-state index in [0.29, 0.717) is 15.2 Å². The zero-order chi connectivity index (χ0) is 16.1. The summed E-state index contributed by atoms with van der Waals surface area (Å²) >= 11 is 8.59. The van der Waals surface area contributed by atoms with Crippen molar-refractivity contribution in [1.29, 1.82) is 0 Å². The second-order valence-corrected chi connectivity index (χ2v) is 7.26. The van der Waals surface area contributed by atoms with Gasteiger partial charge in [-0.3, -0.25) is 15.2 Å². The van der Waals surface area contributed by atoms with Gasteiger partial charge in [-0.15, -0.1) is 0 Å². The number of nitrogens with one attached hydrogen (secondary N) is 1. The first-order chi connectivity index (χ1) is 10.3. The van der Waals surface area contributed by atoms with E-state index >= 15 is 0 Å². The summed E-state index contributed by atoms with van der Waals surface area (Å²) in [6.45, 7) is 2.17. The molecule has 0 saturated heterocycles. The molecule has 1 aliphatic carbocycles. The van der Waals surface area contributed by atoms with Gasteiger partial charge in [0.05, 0.1) is 10.3 Å². The number of nitro benzene ring substituents is 1. The number of benzene rings is 1. The third kappa shape index (κ3) is 2.30. The molecule has 0 aliphatic heterocycles. The molecule has 0 spiro atoms. The Bertz CT molecular complexity index is 807. The molecule has 1 saturated carbocycles. The van der Waals surface area contributed by atoms with Crippen LogP contribution in [0.15, 0.2) is 22.7 Å². The average molecular weight is 383 g/mol. The molecule has 1 heterocycles. The first-order valence-electron chi connectivity index (χ1n) is 6.91. The first kappa shape index (κ1) is 15.4. The lowest BCUT2D eigenvalue weighted by Gasteiger charge is -2.46. The van der Waals surface area contributed by atoms with Gasteiger partial charge in [-0.05, 0) is 42.6 Å². The van der Waals surface area contributed by atoms with E-state index in [4.69, 9.17) is 12.2 Å². The Morgan fingerprint density at radius 3 is 2.68 bits per heavy atom.